The molecule has 0 atom stereocenters. The van der Waals surface area contributed by atoms with Crippen LogP contribution in [0.4, 0.5) is 5.69 Å². The van der Waals surface area contributed by atoms with Crippen LogP contribution in [-0.4, -0.2) is 41.5 Å². The quantitative estimate of drug-likeness (QED) is 0.177. The van der Waals surface area contributed by atoms with Gasteiger partial charge in [-0.15, -0.1) is 0 Å². The molecule has 3 aromatic carbocycles. The smallest absolute Gasteiger partial charge is 0.346 e. The molecule has 0 saturated carbocycles. The molecule has 0 fully saturated rings. The Balaban J connectivity index is 1.62. The van der Waals surface area contributed by atoms with Gasteiger partial charge in [-0.1, -0.05) is 84.3 Å². The first-order chi connectivity index (χ1) is 19.2. The number of amides is 1. The Hall–Kier alpha value is -3.40. The van der Waals surface area contributed by atoms with Crippen LogP contribution in [0.2, 0.25) is 0 Å². The number of carbonyl (C=O) groups excluding carboxylic acids is 3. The lowest BCUT2D eigenvalue weighted by atomic mass is 9.83. The predicted molar refractivity (Wildman–Crippen MR) is 166 cm³/mol. The van der Waals surface area contributed by atoms with E-state index in [9.17, 15) is 14.4 Å². The van der Waals surface area contributed by atoms with Gasteiger partial charge in [0.25, 0.3) is 5.91 Å². The van der Waals surface area contributed by atoms with E-state index in [2.05, 4.69) is 0 Å². The highest BCUT2D eigenvalue weighted by atomic mass is 32.2. The number of hydrogen-bond acceptors (Lipinski definition) is 8. The topological polar surface area (TPSA) is 72.9 Å². The van der Waals surface area contributed by atoms with Crippen molar-refractivity contribution in [3.63, 3.8) is 0 Å². The van der Waals surface area contributed by atoms with E-state index in [1.807, 2.05) is 80.6 Å². The molecule has 0 bridgehead atoms. The maximum absolute atomic E-state index is 14.1. The molecular weight excluding hydrogens is 563 g/mol. The van der Waals surface area contributed by atoms with Crippen LogP contribution in [0, 0.1) is 0 Å². The third-order valence-electron chi connectivity index (χ3n) is 6.68. The van der Waals surface area contributed by atoms with Gasteiger partial charge >= 0.3 is 11.9 Å². The highest BCUT2D eigenvalue weighted by Crippen LogP contribution is 2.56. The summed E-state index contributed by atoms with van der Waals surface area (Å²) in [5, 5.41) is 2.03. The number of nitrogens with zero attached hydrogens (tertiary/aromatic N) is 1. The highest BCUT2D eigenvalue weighted by molar-refractivity contribution is 8.29. The molecule has 0 radical (unpaired) electrons. The summed E-state index contributed by atoms with van der Waals surface area (Å²) >= 11 is 8.40. The summed E-state index contributed by atoms with van der Waals surface area (Å²) in [6.07, 6.45) is 0. The van der Waals surface area contributed by atoms with Crippen LogP contribution in [0.25, 0.3) is 16.3 Å². The lowest BCUT2D eigenvalue weighted by Crippen LogP contribution is -2.55. The van der Waals surface area contributed by atoms with Gasteiger partial charge < -0.3 is 9.47 Å². The van der Waals surface area contributed by atoms with Crippen molar-refractivity contribution in [3.05, 3.63) is 91.9 Å². The van der Waals surface area contributed by atoms with E-state index in [-0.39, 0.29) is 28.9 Å². The van der Waals surface area contributed by atoms with Gasteiger partial charge in [0.15, 0.2) is 0 Å². The van der Waals surface area contributed by atoms with Crippen molar-refractivity contribution in [2.75, 3.05) is 18.1 Å². The molecular formula is C31H27NO5S3. The minimum Gasteiger partial charge on any atom is -0.462 e. The Morgan fingerprint density at radius 3 is 2.02 bits per heavy atom. The standard InChI is InChI=1S/C31H27NO5S3/c1-5-36-28(34)24-25(29(35)37-6-2)40-30(39-24)23-21-13-9-10-14-22(21)32(31(3,4)26(23)38)27(33)20-16-15-18-11-7-8-12-19(18)17-20/h7-17H,5-6H2,1-4H3. The van der Waals surface area contributed by atoms with Crippen molar-refractivity contribution in [3.8, 4) is 0 Å². The average molecular weight is 590 g/mol. The molecule has 6 nitrogen and oxygen atoms in total. The molecule has 0 N–H and O–H groups in total. The van der Waals surface area contributed by atoms with Crippen LogP contribution < -0.4 is 4.90 Å². The van der Waals surface area contributed by atoms with Crippen molar-refractivity contribution in [2.24, 2.45) is 0 Å². The van der Waals surface area contributed by atoms with Gasteiger partial charge in [-0.05, 0) is 56.7 Å². The van der Waals surface area contributed by atoms with Crippen molar-refractivity contribution < 1.29 is 23.9 Å². The van der Waals surface area contributed by atoms with Crippen molar-refractivity contribution >= 4 is 80.5 Å². The van der Waals surface area contributed by atoms with E-state index in [4.69, 9.17) is 21.7 Å². The van der Waals surface area contributed by atoms with Gasteiger partial charge in [0.1, 0.15) is 9.81 Å². The molecule has 2 heterocycles. The zero-order valence-corrected chi connectivity index (χ0v) is 24.9. The van der Waals surface area contributed by atoms with E-state index >= 15 is 0 Å². The molecule has 0 unspecified atom stereocenters. The summed E-state index contributed by atoms with van der Waals surface area (Å²) in [5.74, 6) is -1.33. The van der Waals surface area contributed by atoms with Crippen molar-refractivity contribution in [2.45, 2.75) is 33.2 Å². The maximum Gasteiger partial charge on any atom is 0.346 e. The molecule has 3 aromatic rings. The molecule has 0 aromatic heterocycles. The number of esters is 2. The SMILES string of the molecule is CCOC(=O)C1=C(C(=O)OCC)SC(=C2C(=S)C(C)(C)N(C(=O)c3ccc4ccccc4c3)c3ccccc32)S1. The first kappa shape index (κ1) is 28.1. The number of para-hydroxylation sites is 1. The molecule has 2 aliphatic heterocycles. The molecule has 9 heteroatoms. The van der Waals surface area contributed by atoms with Gasteiger partial charge in [0.2, 0.25) is 0 Å². The number of benzene rings is 3. The van der Waals surface area contributed by atoms with Gasteiger partial charge in [-0.3, -0.25) is 9.69 Å². The minimum absolute atomic E-state index is 0.168. The Kier molecular flexibility index (Phi) is 7.90. The van der Waals surface area contributed by atoms with Crippen molar-refractivity contribution in [1.29, 1.82) is 0 Å². The maximum atomic E-state index is 14.1. The monoisotopic (exact) mass is 589 g/mol. The number of thiocarbonyl (C=S) groups is 1. The van der Waals surface area contributed by atoms with E-state index in [1.54, 1.807) is 18.7 Å². The second kappa shape index (κ2) is 11.2. The molecule has 0 saturated heterocycles. The summed E-state index contributed by atoms with van der Waals surface area (Å²) in [5.41, 5.74) is 1.83. The third-order valence-corrected chi connectivity index (χ3v) is 9.94. The van der Waals surface area contributed by atoms with E-state index in [0.29, 0.717) is 25.9 Å². The van der Waals surface area contributed by atoms with Gasteiger partial charge in [-0.2, -0.15) is 0 Å². The second-order valence-electron chi connectivity index (χ2n) is 9.57. The van der Waals surface area contributed by atoms with E-state index in [1.165, 1.54) is 0 Å². The molecule has 40 heavy (non-hydrogen) atoms. The lowest BCUT2D eigenvalue weighted by molar-refractivity contribution is -0.140. The van der Waals surface area contributed by atoms with Crippen LogP contribution in [0.15, 0.2) is 80.8 Å². The normalized spacial score (nSPS) is 16.3. The fourth-order valence-electron chi connectivity index (χ4n) is 4.79. The summed E-state index contributed by atoms with van der Waals surface area (Å²) in [7, 11) is 0. The third kappa shape index (κ3) is 4.87. The molecule has 1 amide bonds. The van der Waals surface area contributed by atoms with Crippen LogP contribution in [0.5, 0.6) is 0 Å². The number of rotatable bonds is 5. The predicted octanol–water partition coefficient (Wildman–Crippen LogP) is 7.14. The lowest BCUT2D eigenvalue weighted by Gasteiger charge is -2.45. The summed E-state index contributed by atoms with van der Waals surface area (Å²) in [6.45, 7) is 7.61. The molecule has 0 aliphatic carbocycles. The van der Waals surface area contributed by atoms with Crippen LogP contribution in [0.3, 0.4) is 0 Å². The van der Waals surface area contributed by atoms with Crippen LogP contribution in [-0.2, 0) is 19.1 Å². The Morgan fingerprint density at radius 1 is 0.825 bits per heavy atom. The number of carbonyl (C=O) groups is 3. The summed E-state index contributed by atoms with van der Waals surface area (Å²) in [6, 6.07) is 21.2. The van der Waals surface area contributed by atoms with Gasteiger partial charge in [-0.25, -0.2) is 9.59 Å². The Morgan fingerprint density at radius 2 is 1.40 bits per heavy atom. The van der Waals surface area contributed by atoms with Crippen molar-refractivity contribution in [1.82, 2.24) is 0 Å². The molecule has 2 aliphatic rings. The highest BCUT2D eigenvalue weighted by Gasteiger charge is 2.46. The first-order valence-electron chi connectivity index (χ1n) is 12.8. The molecule has 5 rings (SSSR count). The average Bonchev–Trinajstić information content (AvgIpc) is 3.39. The fourth-order valence-corrected chi connectivity index (χ4v) is 7.78. The van der Waals surface area contributed by atoms with E-state index < -0.39 is 17.5 Å². The van der Waals surface area contributed by atoms with Gasteiger partial charge in [0, 0.05) is 16.7 Å². The number of ether oxygens (including phenoxy) is 2. The number of hydrogen-bond donors (Lipinski definition) is 0. The zero-order valence-electron chi connectivity index (χ0n) is 22.5. The van der Waals surface area contributed by atoms with Crippen LogP contribution >= 0.6 is 35.7 Å². The zero-order chi connectivity index (χ0) is 28.6. The number of anilines is 1. The van der Waals surface area contributed by atoms with Gasteiger partial charge in [0.05, 0.1) is 33.5 Å². The Labute approximate surface area is 246 Å². The first-order valence-corrected chi connectivity index (χ1v) is 14.9. The van der Waals surface area contributed by atoms with Crippen LogP contribution in [0.1, 0.15) is 43.6 Å². The molecule has 204 valence electrons. The van der Waals surface area contributed by atoms with E-state index in [0.717, 1.165) is 39.9 Å². The largest absolute Gasteiger partial charge is 0.462 e. The number of fused-ring (bicyclic) bond motifs is 2. The fraction of sp³-hybridized carbons (Fsp3) is 0.226. The second-order valence-corrected chi connectivity index (χ2v) is 12.3. The Bertz CT molecular complexity index is 1610. The number of thioether (sulfide) groups is 2. The minimum atomic E-state index is -0.896. The summed E-state index contributed by atoms with van der Waals surface area (Å²) in [4.78, 5) is 42.4. The summed E-state index contributed by atoms with van der Waals surface area (Å²) < 4.78 is 11.2. The molecule has 0 spiro atoms.